The van der Waals surface area contributed by atoms with Crippen molar-refractivity contribution >= 4 is 30.1 Å². The van der Waals surface area contributed by atoms with Crippen LogP contribution in [0, 0.1) is 5.92 Å². The Balaban J connectivity index is 1.77. The van der Waals surface area contributed by atoms with E-state index in [2.05, 4.69) is 21.3 Å². The molecule has 2 aliphatic rings. The number of rotatable bonds is 15. The van der Waals surface area contributed by atoms with Gasteiger partial charge < -0.3 is 26.4 Å². The van der Waals surface area contributed by atoms with Crippen LogP contribution in [0.1, 0.15) is 51.4 Å². The van der Waals surface area contributed by atoms with Gasteiger partial charge in [-0.3, -0.25) is 24.1 Å². The number of carbonyl (C=O) groups is 5. The number of unbranched alkanes of at least 4 members (excludes halogenated alkanes) is 3. The van der Waals surface area contributed by atoms with Gasteiger partial charge in [-0.05, 0) is 52.1 Å². The maximum Gasteiger partial charge on any atom is 0.330 e. The van der Waals surface area contributed by atoms with Crippen molar-refractivity contribution < 1.29 is 29.1 Å². The summed E-state index contributed by atoms with van der Waals surface area (Å²) in [6.45, 7) is 0.701. The fourth-order valence-corrected chi connectivity index (χ4v) is 4.30. The lowest BCUT2D eigenvalue weighted by atomic mass is 10.0. The van der Waals surface area contributed by atoms with E-state index in [1.807, 2.05) is 24.1 Å². The number of likely N-dealkylation sites (tertiary alicyclic amines) is 1. The largest absolute Gasteiger partial charge is 0.479 e. The molecule has 34 heavy (non-hydrogen) atoms. The van der Waals surface area contributed by atoms with Crippen LogP contribution in [0.5, 0.6) is 0 Å². The number of likely N-dealkylation sites (N-methyl/N-ethyl adjacent to an activating group) is 2. The number of allylic oxidation sites excluding steroid dienone is 1. The first kappa shape index (κ1) is 27.3. The van der Waals surface area contributed by atoms with E-state index in [0.717, 1.165) is 38.6 Å². The molecule has 0 bridgehead atoms. The summed E-state index contributed by atoms with van der Waals surface area (Å²) in [4.78, 5) is 60.7. The van der Waals surface area contributed by atoms with Gasteiger partial charge in [0.2, 0.25) is 24.1 Å². The molecule has 4 atom stereocenters. The van der Waals surface area contributed by atoms with Gasteiger partial charge in [-0.2, -0.15) is 0 Å². The number of hydrogen-bond donors (Lipinski definition) is 5. The van der Waals surface area contributed by atoms with Crippen molar-refractivity contribution in [1.29, 1.82) is 0 Å². The second kappa shape index (κ2) is 13.1. The third kappa shape index (κ3) is 7.54. The molecule has 1 heterocycles. The molecule has 11 nitrogen and oxygen atoms in total. The SMILES string of the molecule is CNC(=O)CNC(=O)[C@H](CCCCC/C=C\C1CC1(NC=O)C(=O)O)NC(=O)[C@H]1CCCN1C. The zero-order valence-electron chi connectivity index (χ0n) is 20.0. The van der Waals surface area contributed by atoms with Gasteiger partial charge in [-0.15, -0.1) is 0 Å². The molecule has 5 N–H and O–H groups in total. The van der Waals surface area contributed by atoms with Crippen molar-refractivity contribution in [3.8, 4) is 0 Å². The molecule has 0 aromatic carbocycles. The molecule has 11 heteroatoms. The molecule has 4 amide bonds. The zero-order valence-corrected chi connectivity index (χ0v) is 20.0. The predicted octanol–water partition coefficient (Wildman–Crippen LogP) is -0.476. The first-order valence-corrected chi connectivity index (χ1v) is 11.9. The first-order valence-electron chi connectivity index (χ1n) is 11.9. The van der Waals surface area contributed by atoms with Crippen LogP contribution in [0.25, 0.3) is 0 Å². The zero-order chi connectivity index (χ0) is 25.1. The molecule has 2 fully saturated rings. The quantitative estimate of drug-likeness (QED) is 0.121. The Morgan fingerprint density at radius 3 is 2.59 bits per heavy atom. The molecule has 1 saturated carbocycles. The number of nitrogens with zero attached hydrogens (tertiary/aromatic N) is 1. The normalized spacial score (nSPS) is 24.9. The second-order valence-corrected chi connectivity index (χ2v) is 9.01. The van der Waals surface area contributed by atoms with Crippen molar-refractivity contribution in [2.75, 3.05) is 27.2 Å². The summed E-state index contributed by atoms with van der Waals surface area (Å²) < 4.78 is 0. The summed E-state index contributed by atoms with van der Waals surface area (Å²) >= 11 is 0. The van der Waals surface area contributed by atoms with Gasteiger partial charge in [0.15, 0.2) is 0 Å². The number of aliphatic carboxylic acids is 1. The second-order valence-electron chi connectivity index (χ2n) is 9.01. The summed E-state index contributed by atoms with van der Waals surface area (Å²) in [5, 5.41) is 19.5. The number of nitrogens with one attached hydrogen (secondary N) is 4. The van der Waals surface area contributed by atoms with Crippen molar-refractivity contribution in [3.05, 3.63) is 12.2 Å². The third-order valence-electron chi connectivity index (χ3n) is 6.60. The number of carbonyl (C=O) groups excluding carboxylic acids is 4. The first-order chi connectivity index (χ1) is 16.2. The minimum atomic E-state index is -1.17. The van der Waals surface area contributed by atoms with Crippen molar-refractivity contribution in [1.82, 2.24) is 26.2 Å². The van der Waals surface area contributed by atoms with E-state index in [9.17, 15) is 29.1 Å². The van der Waals surface area contributed by atoms with Crippen LogP contribution in [0.2, 0.25) is 0 Å². The van der Waals surface area contributed by atoms with Crippen LogP contribution in [-0.4, -0.2) is 84.9 Å². The number of hydrogen-bond acceptors (Lipinski definition) is 6. The molecule has 1 aliphatic heterocycles. The van der Waals surface area contributed by atoms with Crippen LogP contribution in [0.3, 0.4) is 0 Å². The topological polar surface area (TPSA) is 157 Å². The minimum Gasteiger partial charge on any atom is -0.479 e. The molecule has 1 aliphatic carbocycles. The van der Waals surface area contributed by atoms with E-state index in [1.54, 1.807) is 0 Å². The third-order valence-corrected chi connectivity index (χ3v) is 6.60. The smallest absolute Gasteiger partial charge is 0.330 e. The maximum atomic E-state index is 12.7. The number of amides is 4. The van der Waals surface area contributed by atoms with Gasteiger partial charge in [-0.25, -0.2) is 4.79 Å². The highest BCUT2D eigenvalue weighted by atomic mass is 16.4. The van der Waals surface area contributed by atoms with E-state index < -0.39 is 17.6 Å². The molecule has 0 aromatic heterocycles. The molecule has 2 rings (SSSR count). The van der Waals surface area contributed by atoms with Crippen molar-refractivity contribution in [2.45, 2.75) is 69.0 Å². The highest BCUT2D eigenvalue weighted by Crippen LogP contribution is 2.44. The van der Waals surface area contributed by atoms with Crippen LogP contribution in [0.15, 0.2) is 12.2 Å². The summed E-state index contributed by atoms with van der Waals surface area (Å²) in [6, 6.07) is -0.952. The van der Waals surface area contributed by atoms with Gasteiger partial charge in [0, 0.05) is 13.0 Å². The monoisotopic (exact) mass is 479 g/mol. The summed E-state index contributed by atoms with van der Waals surface area (Å²) in [5.74, 6) is -2.09. The average Bonchev–Trinajstić information content (AvgIpc) is 3.34. The minimum absolute atomic E-state index is 0.145. The van der Waals surface area contributed by atoms with Crippen LogP contribution in [0.4, 0.5) is 0 Å². The molecule has 1 saturated heterocycles. The molecular formula is C23H37N5O6. The maximum absolute atomic E-state index is 12.7. The van der Waals surface area contributed by atoms with E-state index in [4.69, 9.17) is 0 Å². The Bertz CT molecular complexity index is 788. The molecule has 0 spiro atoms. The Labute approximate surface area is 200 Å². The predicted molar refractivity (Wildman–Crippen MR) is 125 cm³/mol. The average molecular weight is 480 g/mol. The molecule has 2 unspecified atom stereocenters. The number of carboxylic acids is 1. The van der Waals surface area contributed by atoms with E-state index in [1.165, 1.54) is 7.05 Å². The van der Waals surface area contributed by atoms with Crippen LogP contribution < -0.4 is 21.3 Å². The lowest BCUT2D eigenvalue weighted by Gasteiger charge is -2.23. The Morgan fingerprint density at radius 1 is 1.21 bits per heavy atom. The summed E-state index contributed by atoms with van der Waals surface area (Å²) in [7, 11) is 3.38. The fourth-order valence-electron chi connectivity index (χ4n) is 4.30. The van der Waals surface area contributed by atoms with Crippen molar-refractivity contribution in [3.63, 3.8) is 0 Å². The van der Waals surface area contributed by atoms with E-state index in [-0.39, 0.29) is 36.2 Å². The van der Waals surface area contributed by atoms with Crippen LogP contribution >= 0.6 is 0 Å². The van der Waals surface area contributed by atoms with Crippen LogP contribution in [-0.2, 0) is 24.0 Å². The summed E-state index contributed by atoms with van der Waals surface area (Å²) in [6.07, 6.45) is 9.85. The molecular weight excluding hydrogens is 442 g/mol. The fraction of sp³-hybridized carbons (Fsp3) is 0.696. The lowest BCUT2D eigenvalue weighted by Crippen LogP contribution is -2.52. The van der Waals surface area contributed by atoms with Crippen molar-refractivity contribution in [2.24, 2.45) is 5.92 Å². The lowest BCUT2D eigenvalue weighted by molar-refractivity contribution is -0.142. The van der Waals surface area contributed by atoms with Gasteiger partial charge in [-0.1, -0.05) is 25.0 Å². The van der Waals surface area contributed by atoms with Gasteiger partial charge in [0.05, 0.1) is 12.6 Å². The van der Waals surface area contributed by atoms with Gasteiger partial charge in [0.25, 0.3) is 0 Å². The summed E-state index contributed by atoms with van der Waals surface area (Å²) in [5.41, 5.74) is -1.17. The Hall–Kier alpha value is -2.95. The molecule has 0 aromatic rings. The molecule has 0 radical (unpaired) electrons. The molecule has 190 valence electrons. The van der Waals surface area contributed by atoms with Gasteiger partial charge >= 0.3 is 5.97 Å². The number of carboxylic acid groups (broad SMARTS) is 1. The van der Waals surface area contributed by atoms with Gasteiger partial charge in [0.1, 0.15) is 11.6 Å². The van der Waals surface area contributed by atoms with E-state index in [0.29, 0.717) is 25.7 Å². The highest BCUT2D eigenvalue weighted by Gasteiger charge is 2.59. The Morgan fingerprint density at radius 2 is 1.97 bits per heavy atom. The standard InChI is InChI=1S/C23H37N5O6/c1-24-19(30)14-25-20(31)17(27-21(32)18-11-8-12-28(18)2)10-7-5-3-4-6-9-16-13-23(16,22(33)34)26-15-29/h6,9,15-18H,3-5,7-8,10-14H2,1-2H3,(H,24,30)(H,25,31)(H,26,29)(H,27,32)(H,33,34)/b9-6-/t16?,17-,18+,23?/m0/s1. The van der Waals surface area contributed by atoms with E-state index >= 15 is 0 Å². The highest BCUT2D eigenvalue weighted by molar-refractivity contribution is 5.91. The Kier molecular flexibility index (Phi) is 10.5.